The molecule has 0 aliphatic carbocycles. The van der Waals surface area contributed by atoms with Gasteiger partial charge in [0.15, 0.2) is 12.1 Å². The quantitative estimate of drug-likeness (QED) is 0.0313. The SMILES string of the molecule is CCCCC/C=C/C/C=C/CCCCCCCCCC(=O)OCC(COCCC(C(=O)O)[N+](C)(C)C)OC(=O)CCCCCCCCC. The summed E-state index contributed by atoms with van der Waals surface area (Å²) in [6.45, 7) is 4.65. The van der Waals surface area contributed by atoms with Gasteiger partial charge in [-0.1, -0.05) is 122 Å². The molecule has 0 saturated carbocycles. The van der Waals surface area contributed by atoms with E-state index in [1.807, 2.05) is 21.1 Å². The van der Waals surface area contributed by atoms with Gasteiger partial charge in [-0.15, -0.1) is 0 Å². The summed E-state index contributed by atoms with van der Waals surface area (Å²) in [6, 6.07) is -0.610. The molecule has 0 rings (SSSR count). The maximum atomic E-state index is 12.5. The summed E-state index contributed by atoms with van der Waals surface area (Å²) >= 11 is 0. The second kappa shape index (κ2) is 32.0. The van der Waals surface area contributed by atoms with Crippen LogP contribution in [-0.2, 0) is 28.6 Å². The lowest BCUT2D eigenvalue weighted by Crippen LogP contribution is -2.50. The average Bonchev–Trinajstić information content (AvgIpc) is 3.03. The van der Waals surface area contributed by atoms with Crippen molar-refractivity contribution in [2.75, 3.05) is 41.0 Å². The Morgan fingerprint density at radius 2 is 1.10 bits per heavy atom. The van der Waals surface area contributed by atoms with Crippen LogP contribution in [-0.4, -0.2) is 80.6 Å². The van der Waals surface area contributed by atoms with Crippen LogP contribution in [0.1, 0.15) is 162 Å². The summed E-state index contributed by atoms with van der Waals surface area (Å²) in [5.41, 5.74) is 0. The van der Waals surface area contributed by atoms with Gasteiger partial charge in [0.05, 0.1) is 34.4 Å². The Balaban J connectivity index is 4.30. The monoisotopic (exact) mass is 681 g/mol. The number of allylic oxidation sites excluding steroid dienone is 4. The van der Waals surface area contributed by atoms with E-state index in [0.29, 0.717) is 19.3 Å². The maximum absolute atomic E-state index is 12.5. The zero-order chi connectivity index (χ0) is 35.7. The minimum absolute atomic E-state index is 0.0526. The van der Waals surface area contributed by atoms with E-state index < -0.39 is 18.1 Å². The summed E-state index contributed by atoms with van der Waals surface area (Å²) in [5, 5.41) is 9.56. The van der Waals surface area contributed by atoms with Gasteiger partial charge in [0.1, 0.15) is 6.61 Å². The molecule has 0 aromatic rings. The molecule has 280 valence electrons. The van der Waals surface area contributed by atoms with Gasteiger partial charge in [-0.2, -0.15) is 0 Å². The van der Waals surface area contributed by atoms with Crippen molar-refractivity contribution in [2.45, 2.75) is 174 Å². The Morgan fingerprint density at radius 1 is 0.625 bits per heavy atom. The number of hydrogen-bond donors (Lipinski definition) is 1. The summed E-state index contributed by atoms with van der Waals surface area (Å²) in [5.74, 6) is -1.48. The van der Waals surface area contributed by atoms with E-state index in [-0.39, 0.29) is 36.2 Å². The fourth-order valence-electron chi connectivity index (χ4n) is 5.53. The topological polar surface area (TPSA) is 99.1 Å². The standard InChI is InChI=1S/C40H73NO7/c1-6-8-10-12-14-15-16-17-18-19-20-21-22-23-25-26-28-30-38(42)47-35-36(34-46-33-32-37(40(44)45)41(3,4)5)48-39(43)31-29-27-24-13-11-9-7-2/h14-15,17-18,36-37H,6-13,16,19-35H2,1-5H3/p+1/b15-14+,18-17+. The first-order valence-corrected chi connectivity index (χ1v) is 19.4. The first kappa shape index (κ1) is 45.8. The van der Waals surface area contributed by atoms with Gasteiger partial charge >= 0.3 is 17.9 Å². The number of esters is 2. The number of nitrogens with zero attached hydrogens (tertiary/aromatic N) is 1. The number of carbonyl (C=O) groups excluding carboxylic acids is 2. The number of carboxylic acid groups (broad SMARTS) is 1. The highest BCUT2D eigenvalue weighted by Crippen LogP contribution is 2.13. The Hall–Kier alpha value is -2.19. The van der Waals surface area contributed by atoms with E-state index >= 15 is 0 Å². The van der Waals surface area contributed by atoms with Crippen molar-refractivity contribution < 1.29 is 38.2 Å². The zero-order valence-electron chi connectivity index (χ0n) is 31.7. The van der Waals surface area contributed by atoms with Crippen LogP contribution in [0.4, 0.5) is 0 Å². The highest BCUT2D eigenvalue weighted by atomic mass is 16.6. The van der Waals surface area contributed by atoms with Crippen molar-refractivity contribution in [3.05, 3.63) is 24.3 Å². The Morgan fingerprint density at radius 3 is 1.65 bits per heavy atom. The number of carbonyl (C=O) groups is 3. The maximum Gasteiger partial charge on any atom is 0.362 e. The summed E-state index contributed by atoms with van der Waals surface area (Å²) < 4.78 is 17.1. The molecule has 0 amide bonds. The van der Waals surface area contributed by atoms with Crippen LogP contribution in [0.2, 0.25) is 0 Å². The predicted octanol–water partition coefficient (Wildman–Crippen LogP) is 9.74. The third kappa shape index (κ3) is 29.9. The smallest absolute Gasteiger partial charge is 0.362 e. The second-order valence-electron chi connectivity index (χ2n) is 14.2. The van der Waals surface area contributed by atoms with Gasteiger partial charge in [0.2, 0.25) is 0 Å². The Bertz CT molecular complexity index is 849. The first-order valence-electron chi connectivity index (χ1n) is 19.4. The first-order chi connectivity index (χ1) is 23.1. The summed E-state index contributed by atoms with van der Waals surface area (Å²) in [6.07, 6.45) is 32.3. The molecular weight excluding hydrogens is 606 g/mol. The van der Waals surface area contributed by atoms with E-state index in [4.69, 9.17) is 14.2 Å². The molecule has 8 heteroatoms. The minimum Gasteiger partial charge on any atom is -0.477 e. The zero-order valence-corrected chi connectivity index (χ0v) is 31.7. The fraction of sp³-hybridized carbons (Fsp3) is 0.825. The molecule has 0 fully saturated rings. The third-order valence-corrected chi connectivity index (χ3v) is 8.60. The summed E-state index contributed by atoms with van der Waals surface area (Å²) in [7, 11) is 5.51. The molecule has 2 atom stereocenters. The molecule has 0 aromatic carbocycles. The number of quaternary nitrogens is 1. The van der Waals surface area contributed by atoms with E-state index in [9.17, 15) is 19.5 Å². The number of rotatable bonds is 34. The molecule has 48 heavy (non-hydrogen) atoms. The van der Waals surface area contributed by atoms with Gasteiger partial charge < -0.3 is 23.8 Å². The molecule has 0 heterocycles. The van der Waals surface area contributed by atoms with Gasteiger partial charge in [-0.3, -0.25) is 9.59 Å². The van der Waals surface area contributed by atoms with Crippen LogP contribution >= 0.6 is 0 Å². The average molecular weight is 681 g/mol. The van der Waals surface area contributed by atoms with Crippen LogP contribution in [0.5, 0.6) is 0 Å². The Labute approximate surface area is 294 Å². The van der Waals surface area contributed by atoms with E-state index in [1.165, 1.54) is 77.0 Å². The lowest BCUT2D eigenvalue weighted by atomic mass is 10.1. The second-order valence-corrected chi connectivity index (χ2v) is 14.2. The van der Waals surface area contributed by atoms with Gasteiger partial charge in [-0.25, -0.2) is 4.79 Å². The minimum atomic E-state index is -0.877. The summed E-state index contributed by atoms with van der Waals surface area (Å²) in [4.78, 5) is 36.6. The van der Waals surface area contributed by atoms with Crippen molar-refractivity contribution >= 4 is 17.9 Å². The molecule has 8 nitrogen and oxygen atoms in total. The van der Waals surface area contributed by atoms with Crippen LogP contribution in [0.25, 0.3) is 0 Å². The van der Waals surface area contributed by atoms with Crippen molar-refractivity contribution in [1.82, 2.24) is 0 Å². The van der Waals surface area contributed by atoms with Crippen molar-refractivity contribution in [3.8, 4) is 0 Å². The number of hydrogen-bond acceptors (Lipinski definition) is 6. The number of aliphatic carboxylic acids is 1. The van der Waals surface area contributed by atoms with E-state index in [1.54, 1.807) is 0 Å². The van der Waals surface area contributed by atoms with Crippen LogP contribution < -0.4 is 0 Å². The number of unbranched alkanes of at least 4 members (excludes halogenated alkanes) is 16. The fourth-order valence-corrected chi connectivity index (χ4v) is 5.53. The van der Waals surface area contributed by atoms with E-state index in [2.05, 4.69) is 38.2 Å². The van der Waals surface area contributed by atoms with Gasteiger partial charge in [-0.05, 0) is 44.9 Å². The van der Waals surface area contributed by atoms with E-state index in [0.717, 1.165) is 51.4 Å². The van der Waals surface area contributed by atoms with Crippen molar-refractivity contribution in [3.63, 3.8) is 0 Å². The molecule has 1 N–H and O–H groups in total. The molecule has 0 aliphatic rings. The molecule has 0 radical (unpaired) electrons. The molecule has 2 unspecified atom stereocenters. The highest BCUT2D eigenvalue weighted by Gasteiger charge is 2.31. The van der Waals surface area contributed by atoms with Gasteiger partial charge in [0, 0.05) is 19.3 Å². The lowest BCUT2D eigenvalue weighted by molar-refractivity contribution is -0.887. The van der Waals surface area contributed by atoms with Crippen LogP contribution in [0, 0.1) is 0 Å². The molecular formula is C40H74NO7+. The van der Waals surface area contributed by atoms with Gasteiger partial charge in [0.25, 0.3) is 0 Å². The molecule has 0 saturated heterocycles. The van der Waals surface area contributed by atoms with Crippen LogP contribution in [0.15, 0.2) is 24.3 Å². The predicted molar refractivity (Wildman–Crippen MR) is 197 cm³/mol. The molecule has 0 aliphatic heterocycles. The molecule has 0 aromatic heterocycles. The third-order valence-electron chi connectivity index (χ3n) is 8.60. The van der Waals surface area contributed by atoms with Crippen molar-refractivity contribution in [1.29, 1.82) is 0 Å². The number of ether oxygens (including phenoxy) is 3. The normalized spacial score (nSPS) is 13.3. The number of carboxylic acids is 1. The Kier molecular flexibility index (Phi) is 30.6. The molecule has 0 bridgehead atoms. The molecule has 0 spiro atoms. The highest BCUT2D eigenvalue weighted by molar-refractivity contribution is 5.72. The largest absolute Gasteiger partial charge is 0.477 e. The van der Waals surface area contributed by atoms with Crippen LogP contribution in [0.3, 0.4) is 0 Å². The lowest BCUT2D eigenvalue weighted by Gasteiger charge is -2.31. The number of likely N-dealkylation sites (N-methyl/N-ethyl adjacent to an activating group) is 1. The van der Waals surface area contributed by atoms with Crippen molar-refractivity contribution in [2.24, 2.45) is 0 Å².